The smallest absolute Gasteiger partial charge is 0.356 e. The fourth-order valence-electron chi connectivity index (χ4n) is 2.65. The summed E-state index contributed by atoms with van der Waals surface area (Å²) in [5.74, 6) is -1.35. The van der Waals surface area contributed by atoms with Gasteiger partial charge < -0.3 is 5.32 Å². The summed E-state index contributed by atoms with van der Waals surface area (Å²) in [7, 11) is 0. The van der Waals surface area contributed by atoms with Crippen LogP contribution in [0.5, 0.6) is 0 Å². The Bertz CT molecular complexity index is 297. The molecule has 1 amide bonds. The number of unbranched alkanes of at least 4 members (excludes halogenated alkanes) is 3. The molecule has 0 bridgehead atoms. The average Bonchev–Trinajstić information content (AvgIpc) is 2.41. The molecule has 1 aliphatic rings. The van der Waals surface area contributed by atoms with E-state index in [1.165, 1.54) is 0 Å². The molecule has 2 atom stereocenters. The first-order chi connectivity index (χ1) is 9.45. The fourth-order valence-corrected chi connectivity index (χ4v) is 2.84. The molecule has 1 saturated carbocycles. The van der Waals surface area contributed by atoms with E-state index in [9.17, 15) is 18.0 Å². The van der Waals surface area contributed by atoms with E-state index in [2.05, 4.69) is 5.32 Å². The quantitative estimate of drug-likeness (QED) is 0.552. The van der Waals surface area contributed by atoms with Crippen molar-refractivity contribution in [3.05, 3.63) is 0 Å². The maximum Gasteiger partial charge on any atom is 0.391 e. The average molecular weight is 314 g/mol. The van der Waals surface area contributed by atoms with Crippen molar-refractivity contribution in [2.75, 3.05) is 12.4 Å². The van der Waals surface area contributed by atoms with E-state index in [1.807, 2.05) is 0 Å². The van der Waals surface area contributed by atoms with E-state index in [0.717, 1.165) is 25.7 Å². The molecule has 1 fully saturated rings. The van der Waals surface area contributed by atoms with E-state index in [4.69, 9.17) is 11.6 Å². The Morgan fingerprint density at radius 3 is 2.50 bits per heavy atom. The van der Waals surface area contributed by atoms with Crippen molar-refractivity contribution in [3.8, 4) is 0 Å². The van der Waals surface area contributed by atoms with Gasteiger partial charge in [0, 0.05) is 18.3 Å². The fraction of sp³-hybridized carbons (Fsp3) is 0.929. The van der Waals surface area contributed by atoms with Crippen LogP contribution in [-0.4, -0.2) is 24.5 Å². The summed E-state index contributed by atoms with van der Waals surface area (Å²) in [6.45, 7) is 0.550. The molecule has 1 aliphatic carbocycles. The Balaban J connectivity index is 2.22. The maximum atomic E-state index is 12.7. The molecule has 0 aromatic rings. The van der Waals surface area contributed by atoms with E-state index in [1.54, 1.807) is 0 Å². The van der Waals surface area contributed by atoms with Crippen LogP contribution in [0.4, 0.5) is 13.2 Å². The highest BCUT2D eigenvalue weighted by atomic mass is 35.5. The molecule has 20 heavy (non-hydrogen) atoms. The molecule has 0 aromatic heterocycles. The minimum Gasteiger partial charge on any atom is -0.356 e. The summed E-state index contributed by atoms with van der Waals surface area (Å²) in [6.07, 6.45) is 0.835. The van der Waals surface area contributed by atoms with Gasteiger partial charge in [0.25, 0.3) is 0 Å². The van der Waals surface area contributed by atoms with Gasteiger partial charge in [0.2, 0.25) is 5.91 Å². The molecule has 2 unspecified atom stereocenters. The molecular formula is C14H23ClF3NO. The molecule has 0 aliphatic heterocycles. The van der Waals surface area contributed by atoms with Crippen LogP contribution in [0.2, 0.25) is 0 Å². The number of hydrogen-bond acceptors (Lipinski definition) is 1. The van der Waals surface area contributed by atoms with Crippen molar-refractivity contribution in [2.24, 2.45) is 11.8 Å². The Hall–Kier alpha value is -0.450. The van der Waals surface area contributed by atoms with Crippen LogP contribution in [0, 0.1) is 11.8 Å². The highest BCUT2D eigenvalue weighted by molar-refractivity contribution is 6.17. The molecular weight excluding hydrogens is 291 g/mol. The van der Waals surface area contributed by atoms with Crippen molar-refractivity contribution in [1.29, 1.82) is 0 Å². The molecule has 0 heterocycles. The largest absolute Gasteiger partial charge is 0.391 e. The molecule has 0 spiro atoms. The number of hydrogen-bond donors (Lipinski definition) is 1. The predicted molar refractivity (Wildman–Crippen MR) is 73.7 cm³/mol. The zero-order valence-corrected chi connectivity index (χ0v) is 12.4. The molecule has 1 rings (SSSR count). The van der Waals surface area contributed by atoms with Crippen LogP contribution in [0.3, 0.4) is 0 Å². The maximum absolute atomic E-state index is 12.7. The molecule has 1 N–H and O–H groups in total. The van der Waals surface area contributed by atoms with Gasteiger partial charge in [-0.3, -0.25) is 4.79 Å². The highest BCUT2D eigenvalue weighted by Gasteiger charge is 2.43. The van der Waals surface area contributed by atoms with Crippen molar-refractivity contribution in [1.82, 2.24) is 5.32 Å². The van der Waals surface area contributed by atoms with Gasteiger partial charge in [-0.1, -0.05) is 19.3 Å². The zero-order valence-electron chi connectivity index (χ0n) is 11.6. The summed E-state index contributed by atoms with van der Waals surface area (Å²) < 4.78 is 38.0. The third-order valence-electron chi connectivity index (χ3n) is 3.87. The summed E-state index contributed by atoms with van der Waals surface area (Å²) >= 11 is 5.56. The van der Waals surface area contributed by atoms with E-state index < -0.39 is 18.0 Å². The van der Waals surface area contributed by atoms with Gasteiger partial charge >= 0.3 is 6.18 Å². The van der Waals surface area contributed by atoms with Gasteiger partial charge in [-0.2, -0.15) is 13.2 Å². The van der Waals surface area contributed by atoms with Crippen LogP contribution < -0.4 is 5.32 Å². The van der Waals surface area contributed by atoms with Gasteiger partial charge in [0.15, 0.2) is 0 Å². The Kier molecular flexibility index (Phi) is 7.70. The van der Waals surface area contributed by atoms with Gasteiger partial charge in [0.05, 0.1) is 5.92 Å². The van der Waals surface area contributed by atoms with E-state index >= 15 is 0 Å². The number of rotatable bonds is 7. The second kappa shape index (κ2) is 8.75. The van der Waals surface area contributed by atoms with Gasteiger partial charge in [-0.15, -0.1) is 11.6 Å². The number of nitrogens with one attached hydrogen (secondary N) is 1. The Labute approximate surface area is 123 Å². The second-order valence-electron chi connectivity index (χ2n) is 5.50. The third kappa shape index (κ3) is 6.33. The number of alkyl halides is 4. The van der Waals surface area contributed by atoms with Crippen LogP contribution in [0.15, 0.2) is 0 Å². The minimum absolute atomic E-state index is 0.0540. The first kappa shape index (κ1) is 17.6. The van der Waals surface area contributed by atoms with Gasteiger partial charge in [-0.05, 0) is 32.1 Å². The lowest BCUT2D eigenvalue weighted by molar-refractivity contribution is -0.186. The molecule has 2 nitrogen and oxygen atoms in total. The van der Waals surface area contributed by atoms with Crippen LogP contribution >= 0.6 is 11.6 Å². The molecule has 6 heteroatoms. The van der Waals surface area contributed by atoms with Crippen molar-refractivity contribution < 1.29 is 18.0 Å². The SMILES string of the molecule is O=C(NCCCCCCCl)C1CCCC(C(F)(F)F)C1. The number of carbonyl (C=O) groups is 1. The second-order valence-corrected chi connectivity index (χ2v) is 5.87. The van der Waals surface area contributed by atoms with Crippen LogP contribution in [0.1, 0.15) is 51.4 Å². The monoisotopic (exact) mass is 313 g/mol. The first-order valence-electron chi connectivity index (χ1n) is 7.35. The third-order valence-corrected chi connectivity index (χ3v) is 4.13. The molecule has 0 saturated heterocycles. The lowest BCUT2D eigenvalue weighted by Crippen LogP contribution is -2.37. The van der Waals surface area contributed by atoms with E-state index in [-0.39, 0.29) is 18.7 Å². The predicted octanol–water partition coefficient (Wildman–Crippen LogP) is 4.27. The first-order valence-corrected chi connectivity index (χ1v) is 7.89. The standard InChI is InChI=1S/C14H23ClF3NO/c15-8-3-1-2-4-9-19-13(20)11-6-5-7-12(10-11)14(16,17)18/h11-12H,1-10H2,(H,19,20). The minimum atomic E-state index is -4.17. The Morgan fingerprint density at radius 1 is 1.15 bits per heavy atom. The summed E-state index contributed by atoms with van der Waals surface area (Å²) in [4.78, 5) is 11.9. The molecule has 0 aromatic carbocycles. The number of carbonyl (C=O) groups excluding carboxylic acids is 1. The topological polar surface area (TPSA) is 29.1 Å². The molecule has 118 valence electrons. The number of halogens is 4. The van der Waals surface area contributed by atoms with E-state index in [0.29, 0.717) is 25.3 Å². The Morgan fingerprint density at radius 2 is 1.85 bits per heavy atom. The van der Waals surface area contributed by atoms with Crippen LogP contribution in [0.25, 0.3) is 0 Å². The number of amides is 1. The summed E-state index contributed by atoms with van der Waals surface area (Å²) in [5.41, 5.74) is 0. The summed E-state index contributed by atoms with van der Waals surface area (Å²) in [5, 5.41) is 2.76. The molecule has 0 radical (unpaired) electrons. The normalized spacial score (nSPS) is 23.6. The van der Waals surface area contributed by atoms with Crippen molar-refractivity contribution in [2.45, 2.75) is 57.5 Å². The lowest BCUT2D eigenvalue weighted by Gasteiger charge is -2.29. The summed E-state index contributed by atoms with van der Waals surface area (Å²) in [6, 6.07) is 0. The van der Waals surface area contributed by atoms with Crippen molar-refractivity contribution in [3.63, 3.8) is 0 Å². The lowest BCUT2D eigenvalue weighted by atomic mass is 9.80. The zero-order chi connectivity index (χ0) is 15.0. The van der Waals surface area contributed by atoms with Crippen LogP contribution in [-0.2, 0) is 4.79 Å². The van der Waals surface area contributed by atoms with Crippen molar-refractivity contribution >= 4 is 17.5 Å². The highest BCUT2D eigenvalue weighted by Crippen LogP contribution is 2.39. The van der Waals surface area contributed by atoms with Gasteiger partial charge in [-0.25, -0.2) is 0 Å². The van der Waals surface area contributed by atoms with Gasteiger partial charge in [0.1, 0.15) is 0 Å².